The van der Waals surface area contributed by atoms with Crippen LogP contribution in [-0.2, 0) is 4.74 Å². The van der Waals surface area contributed by atoms with Crippen molar-refractivity contribution in [3.05, 3.63) is 64.7 Å². The summed E-state index contributed by atoms with van der Waals surface area (Å²) in [4.78, 5) is 15.5. The van der Waals surface area contributed by atoms with Crippen LogP contribution in [-0.4, -0.2) is 24.5 Å². The number of benzene rings is 1. The van der Waals surface area contributed by atoms with Crippen molar-refractivity contribution in [1.29, 1.82) is 0 Å². The van der Waals surface area contributed by atoms with Crippen molar-refractivity contribution in [2.75, 3.05) is 13.7 Å². The Morgan fingerprint density at radius 1 is 1.48 bits per heavy atom. The van der Waals surface area contributed by atoms with Crippen molar-refractivity contribution < 1.29 is 13.9 Å². The zero-order valence-electron chi connectivity index (χ0n) is 11.3. The fourth-order valence-electron chi connectivity index (χ4n) is 1.88. The maximum absolute atomic E-state index is 13.5. The molecule has 0 aliphatic heterocycles. The molecule has 0 spiro atoms. The van der Waals surface area contributed by atoms with Gasteiger partial charge in [-0.1, -0.05) is 23.7 Å². The molecule has 0 aliphatic carbocycles. The van der Waals surface area contributed by atoms with Gasteiger partial charge in [-0.2, -0.15) is 0 Å². The fraction of sp³-hybridized carbons (Fsp3) is 0.200. The standard InChI is InChI=1S/C15H14ClFN2O2/c1-21-14(10-3-2-4-11(16)7-10)9-19-15(20)12-5-6-18-8-13(12)17/h2-8,14H,9H2,1H3,(H,19,20)/t14-/m1/s1. The lowest BCUT2D eigenvalue weighted by Gasteiger charge is -2.17. The highest BCUT2D eigenvalue weighted by atomic mass is 35.5. The number of carbonyl (C=O) groups excluding carboxylic acids is 1. The van der Waals surface area contributed by atoms with E-state index in [1.165, 1.54) is 19.4 Å². The third-order valence-corrected chi connectivity index (χ3v) is 3.21. The predicted molar refractivity (Wildman–Crippen MR) is 77.7 cm³/mol. The molecule has 1 atom stereocenters. The van der Waals surface area contributed by atoms with Crippen molar-refractivity contribution in [3.8, 4) is 0 Å². The molecule has 110 valence electrons. The molecule has 2 aromatic rings. The van der Waals surface area contributed by atoms with E-state index in [4.69, 9.17) is 16.3 Å². The van der Waals surface area contributed by atoms with Gasteiger partial charge >= 0.3 is 0 Å². The smallest absolute Gasteiger partial charge is 0.254 e. The molecule has 4 nitrogen and oxygen atoms in total. The molecule has 6 heteroatoms. The number of hydrogen-bond acceptors (Lipinski definition) is 3. The van der Waals surface area contributed by atoms with Gasteiger partial charge in [0.2, 0.25) is 0 Å². The van der Waals surface area contributed by atoms with Crippen molar-refractivity contribution in [2.45, 2.75) is 6.10 Å². The van der Waals surface area contributed by atoms with Gasteiger partial charge in [-0.25, -0.2) is 4.39 Å². The highest BCUT2D eigenvalue weighted by Gasteiger charge is 2.15. The number of ether oxygens (including phenoxy) is 1. The zero-order valence-corrected chi connectivity index (χ0v) is 12.1. The van der Waals surface area contributed by atoms with Gasteiger partial charge < -0.3 is 10.1 Å². The van der Waals surface area contributed by atoms with Crippen LogP contribution in [0.3, 0.4) is 0 Å². The van der Waals surface area contributed by atoms with Gasteiger partial charge in [-0.05, 0) is 23.8 Å². The SMILES string of the molecule is CO[C@H](CNC(=O)c1ccncc1F)c1cccc(Cl)c1. The molecule has 2 rings (SSSR count). The summed E-state index contributed by atoms with van der Waals surface area (Å²) in [5, 5.41) is 3.22. The molecular formula is C15H14ClFN2O2. The lowest BCUT2D eigenvalue weighted by atomic mass is 10.1. The summed E-state index contributed by atoms with van der Waals surface area (Å²) in [5.74, 6) is -1.18. The molecule has 21 heavy (non-hydrogen) atoms. The number of carbonyl (C=O) groups is 1. The van der Waals surface area contributed by atoms with E-state index in [1.54, 1.807) is 18.2 Å². The van der Waals surface area contributed by atoms with E-state index < -0.39 is 11.7 Å². The first-order valence-corrected chi connectivity index (χ1v) is 6.65. The Hall–Kier alpha value is -1.98. The Kier molecular flexibility index (Phi) is 5.25. The summed E-state index contributed by atoms with van der Waals surface area (Å²) in [6, 6.07) is 8.48. The first kappa shape index (κ1) is 15.4. The van der Waals surface area contributed by atoms with E-state index in [0.717, 1.165) is 11.8 Å². The minimum absolute atomic E-state index is 0.0500. The molecule has 0 saturated heterocycles. The Morgan fingerprint density at radius 3 is 2.95 bits per heavy atom. The van der Waals surface area contributed by atoms with E-state index in [2.05, 4.69) is 10.3 Å². The van der Waals surface area contributed by atoms with E-state index in [1.807, 2.05) is 6.07 Å². The Balaban J connectivity index is 2.04. The first-order valence-electron chi connectivity index (χ1n) is 6.27. The van der Waals surface area contributed by atoms with Gasteiger partial charge in [-0.15, -0.1) is 0 Å². The second-order valence-corrected chi connectivity index (χ2v) is 4.78. The third kappa shape index (κ3) is 4.00. The second-order valence-electron chi connectivity index (χ2n) is 4.34. The summed E-state index contributed by atoms with van der Waals surface area (Å²) >= 11 is 5.93. The molecule has 0 aliphatic rings. The maximum Gasteiger partial charge on any atom is 0.254 e. The second kappa shape index (κ2) is 7.15. The molecular weight excluding hydrogens is 295 g/mol. The molecule has 0 fully saturated rings. The average Bonchev–Trinajstić information content (AvgIpc) is 2.48. The summed E-state index contributed by atoms with van der Waals surface area (Å²) in [5.41, 5.74) is 0.784. The van der Waals surface area contributed by atoms with Gasteiger partial charge in [0.1, 0.15) is 0 Å². The van der Waals surface area contributed by atoms with Crippen molar-refractivity contribution in [3.63, 3.8) is 0 Å². The van der Waals surface area contributed by atoms with E-state index in [9.17, 15) is 9.18 Å². The number of pyridine rings is 1. The first-order chi connectivity index (χ1) is 10.1. The third-order valence-electron chi connectivity index (χ3n) is 2.97. The van der Waals surface area contributed by atoms with Crippen molar-refractivity contribution in [2.24, 2.45) is 0 Å². The van der Waals surface area contributed by atoms with Crippen LogP contribution in [0.5, 0.6) is 0 Å². The predicted octanol–water partition coefficient (Wildman–Crippen LogP) is 2.99. The summed E-state index contributed by atoms with van der Waals surface area (Å²) < 4.78 is 18.8. The van der Waals surface area contributed by atoms with Crippen LogP contribution in [0.2, 0.25) is 5.02 Å². The molecule has 1 aromatic carbocycles. The number of amides is 1. The van der Waals surface area contributed by atoms with Crippen LogP contribution in [0.1, 0.15) is 22.0 Å². The molecule has 0 bridgehead atoms. The lowest BCUT2D eigenvalue weighted by molar-refractivity contribution is 0.0825. The quantitative estimate of drug-likeness (QED) is 0.924. The number of halogens is 2. The fourth-order valence-corrected chi connectivity index (χ4v) is 2.08. The van der Waals surface area contributed by atoms with Gasteiger partial charge in [0.05, 0.1) is 17.9 Å². The number of nitrogens with one attached hydrogen (secondary N) is 1. The van der Waals surface area contributed by atoms with E-state index in [-0.39, 0.29) is 18.2 Å². The Morgan fingerprint density at radius 2 is 2.29 bits per heavy atom. The number of rotatable bonds is 5. The monoisotopic (exact) mass is 308 g/mol. The van der Waals surface area contributed by atoms with Crippen LogP contribution < -0.4 is 5.32 Å². The van der Waals surface area contributed by atoms with Crippen LogP contribution in [0.15, 0.2) is 42.7 Å². The van der Waals surface area contributed by atoms with E-state index >= 15 is 0 Å². The van der Waals surface area contributed by atoms with Gasteiger partial charge in [0.25, 0.3) is 5.91 Å². The van der Waals surface area contributed by atoms with Crippen LogP contribution in [0.4, 0.5) is 4.39 Å². The van der Waals surface area contributed by atoms with Crippen LogP contribution in [0.25, 0.3) is 0 Å². The van der Waals surface area contributed by atoms with Crippen LogP contribution >= 0.6 is 11.6 Å². The molecule has 0 radical (unpaired) electrons. The van der Waals surface area contributed by atoms with Crippen molar-refractivity contribution in [1.82, 2.24) is 10.3 Å². The van der Waals surface area contributed by atoms with Crippen LogP contribution in [0, 0.1) is 5.82 Å². The largest absolute Gasteiger partial charge is 0.375 e. The highest BCUT2D eigenvalue weighted by molar-refractivity contribution is 6.30. The lowest BCUT2D eigenvalue weighted by Crippen LogP contribution is -2.29. The van der Waals surface area contributed by atoms with Gasteiger partial charge in [0.15, 0.2) is 5.82 Å². The molecule has 1 heterocycles. The summed E-state index contributed by atoms with van der Waals surface area (Å²) in [6.07, 6.45) is 2.00. The number of aromatic nitrogens is 1. The summed E-state index contributed by atoms with van der Waals surface area (Å²) in [7, 11) is 1.53. The Bertz CT molecular complexity index is 637. The number of hydrogen-bond donors (Lipinski definition) is 1. The average molecular weight is 309 g/mol. The normalized spacial score (nSPS) is 12.0. The molecule has 0 unspecified atom stereocenters. The topological polar surface area (TPSA) is 51.2 Å². The Labute approximate surface area is 126 Å². The number of nitrogens with zero attached hydrogens (tertiary/aromatic N) is 1. The molecule has 0 saturated carbocycles. The highest BCUT2D eigenvalue weighted by Crippen LogP contribution is 2.20. The minimum atomic E-state index is -0.660. The van der Waals surface area contributed by atoms with Gasteiger partial charge in [-0.3, -0.25) is 9.78 Å². The van der Waals surface area contributed by atoms with Gasteiger partial charge in [0, 0.05) is 24.9 Å². The summed E-state index contributed by atoms with van der Waals surface area (Å²) in [6.45, 7) is 0.206. The zero-order chi connectivity index (χ0) is 15.2. The maximum atomic E-state index is 13.5. The molecule has 1 amide bonds. The molecule has 1 aromatic heterocycles. The van der Waals surface area contributed by atoms with E-state index in [0.29, 0.717) is 5.02 Å². The minimum Gasteiger partial charge on any atom is -0.375 e. The number of methoxy groups -OCH3 is 1. The molecule has 1 N–H and O–H groups in total. The van der Waals surface area contributed by atoms with Crippen molar-refractivity contribution >= 4 is 17.5 Å².